The number of halogens is 1. The first-order chi connectivity index (χ1) is 10.5. The van der Waals surface area contributed by atoms with Gasteiger partial charge in [-0.1, -0.05) is 23.7 Å². The summed E-state index contributed by atoms with van der Waals surface area (Å²) in [6.45, 7) is -0.517. The smallest absolute Gasteiger partial charge is 0.331 e. The van der Waals surface area contributed by atoms with Crippen LogP contribution in [0.15, 0.2) is 30.3 Å². The van der Waals surface area contributed by atoms with Gasteiger partial charge in [-0.3, -0.25) is 10.1 Å². The lowest BCUT2D eigenvalue weighted by molar-refractivity contribution is -0.143. The first kappa shape index (κ1) is 16.0. The van der Waals surface area contributed by atoms with Crippen molar-refractivity contribution in [1.82, 2.24) is 10.6 Å². The zero-order chi connectivity index (χ0) is 15.9. The lowest BCUT2D eigenvalue weighted by Crippen LogP contribution is -2.42. The molecule has 1 aromatic rings. The normalized spacial score (nSPS) is 13.7. The Bertz CT molecular complexity index is 611. The number of urea groups is 1. The molecule has 22 heavy (non-hydrogen) atoms. The highest BCUT2D eigenvalue weighted by Gasteiger charge is 2.23. The first-order valence-electron chi connectivity index (χ1n) is 6.73. The van der Waals surface area contributed by atoms with E-state index in [4.69, 9.17) is 16.3 Å². The molecule has 0 saturated heterocycles. The van der Waals surface area contributed by atoms with Crippen LogP contribution in [0.2, 0.25) is 5.02 Å². The maximum atomic E-state index is 11.5. The number of hydrogen-bond acceptors (Lipinski definition) is 4. The molecular formula is C15H15ClN2O4. The van der Waals surface area contributed by atoms with Gasteiger partial charge in [0.1, 0.15) is 0 Å². The van der Waals surface area contributed by atoms with Gasteiger partial charge < -0.3 is 10.1 Å². The van der Waals surface area contributed by atoms with Crippen LogP contribution in [-0.2, 0) is 14.3 Å². The molecule has 1 aliphatic rings. The molecule has 1 aromatic carbocycles. The molecule has 0 spiro atoms. The molecular weight excluding hydrogens is 308 g/mol. The fraction of sp³-hybridized carbons (Fsp3) is 0.267. The highest BCUT2D eigenvalue weighted by molar-refractivity contribution is 6.30. The number of amides is 3. The maximum absolute atomic E-state index is 11.5. The number of carbonyl (C=O) groups excluding carboxylic acids is 3. The zero-order valence-corrected chi connectivity index (χ0v) is 12.4. The van der Waals surface area contributed by atoms with Crippen LogP contribution < -0.4 is 10.6 Å². The van der Waals surface area contributed by atoms with E-state index in [1.165, 1.54) is 12.2 Å². The second-order valence-electron chi connectivity index (χ2n) is 4.79. The Morgan fingerprint density at radius 3 is 2.77 bits per heavy atom. The van der Waals surface area contributed by atoms with Crippen molar-refractivity contribution in [2.24, 2.45) is 0 Å². The molecule has 0 heterocycles. The summed E-state index contributed by atoms with van der Waals surface area (Å²) in [5.41, 5.74) is 0.734. The summed E-state index contributed by atoms with van der Waals surface area (Å²) in [5, 5.41) is 5.22. The standard InChI is InChI=1S/C15H15ClN2O4/c16-11-3-1-2-10(8-11)4-7-14(20)22-9-13(19)18-15(21)17-12-5-6-12/h1-4,7-8,12H,5-6,9H2,(H2,17,18,19,21)/b7-4+. The fourth-order valence-corrected chi connectivity index (χ4v) is 1.77. The SMILES string of the molecule is O=C(COC(=O)/C=C/c1cccc(Cl)c1)NC(=O)NC1CC1. The molecule has 6 nitrogen and oxygen atoms in total. The minimum absolute atomic E-state index is 0.149. The van der Waals surface area contributed by atoms with Crippen molar-refractivity contribution in [1.29, 1.82) is 0 Å². The van der Waals surface area contributed by atoms with Crippen LogP contribution in [0.25, 0.3) is 6.08 Å². The van der Waals surface area contributed by atoms with Crippen molar-refractivity contribution in [3.05, 3.63) is 40.9 Å². The molecule has 0 aromatic heterocycles. The topological polar surface area (TPSA) is 84.5 Å². The van der Waals surface area contributed by atoms with Crippen molar-refractivity contribution in [2.75, 3.05) is 6.61 Å². The van der Waals surface area contributed by atoms with E-state index in [1.807, 2.05) is 0 Å². The fourth-order valence-electron chi connectivity index (χ4n) is 1.57. The summed E-state index contributed by atoms with van der Waals surface area (Å²) >= 11 is 5.81. The summed E-state index contributed by atoms with van der Waals surface area (Å²) in [4.78, 5) is 34.1. The van der Waals surface area contributed by atoms with E-state index in [-0.39, 0.29) is 6.04 Å². The lowest BCUT2D eigenvalue weighted by Gasteiger charge is -2.05. The van der Waals surface area contributed by atoms with E-state index in [9.17, 15) is 14.4 Å². The molecule has 0 atom stereocenters. The molecule has 2 rings (SSSR count). The number of benzene rings is 1. The molecule has 1 fully saturated rings. The molecule has 0 radical (unpaired) electrons. The third kappa shape index (κ3) is 5.97. The summed E-state index contributed by atoms with van der Waals surface area (Å²) in [6, 6.07) is 6.49. The number of esters is 1. The van der Waals surface area contributed by atoms with Crippen molar-refractivity contribution >= 4 is 35.6 Å². The van der Waals surface area contributed by atoms with E-state index in [1.54, 1.807) is 24.3 Å². The lowest BCUT2D eigenvalue weighted by atomic mass is 10.2. The van der Waals surface area contributed by atoms with Gasteiger partial charge in [0.25, 0.3) is 5.91 Å². The maximum Gasteiger partial charge on any atom is 0.331 e. The largest absolute Gasteiger partial charge is 0.452 e. The molecule has 3 amide bonds. The van der Waals surface area contributed by atoms with Crippen molar-refractivity contribution in [3.8, 4) is 0 Å². The Balaban J connectivity index is 1.70. The van der Waals surface area contributed by atoms with Crippen LogP contribution in [-0.4, -0.2) is 30.6 Å². The van der Waals surface area contributed by atoms with Gasteiger partial charge in [-0.25, -0.2) is 9.59 Å². The summed E-state index contributed by atoms with van der Waals surface area (Å²) < 4.78 is 4.73. The molecule has 116 valence electrons. The molecule has 0 aliphatic heterocycles. The van der Waals surface area contributed by atoms with Crippen LogP contribution in [0.4, 0.5) is 4.79 Å². The second kappa shape index (κ2) is 7.61. The van der Waals surface area contributed by atoms with E-state index >= 15 is 0 Å². The van der Waals surface area contributed by atoms with Crippen LogP contribution in [0, 0.1) is 0 Å². The Morgan fingerprint density at radius 2 is 2.09 bits per heavy atom. The molecule has 0 unspecified atom stereocenters. The molecule has 7 heteroatoms. The third-order valence-electron chi connectivity index (χ3n) is 2.77. The zero-order valence-electron chi connectivity index (χ0n) is 11.7. The van der Waals surface area contributed by atoms with Gasteiger partial charge in [0.05, 0.1) is 0 Å². The third-order valence-corrected chi connectivity index (χ3v) is 3.01. The molecule has 2 N–H and O–H groups in total. The van der Waals surface area contributed by atoms with E-state index in [2.05, 4.69) is 10.6 Å². The quantitative estimate of drug-likeness (QED) is 0.640. The Kier molecular flexibility index (Phi) is 5.55. The number of hydrogen-bond donors (Lipinski definition) is 2. The first-order valence-corrected chi connectivity index (χ1v) is 7.11. The van der Waals surface area contributed by atoms with Crippen LogP contribution in [0.1, 0.15) is 18.4 Å². The average Bonchev–Trinajstić information content (AvgIpc) is 3.26. The van der Waals surface area contributed by atoms with E-state index in [0.717, 1.165) is 18.4 Å². The van der Waals surface area contributed by atoms with Gasteiger partial charge in [0.2, 0.25) is 0 Å². The Morgan fingerprint density at radius 1 is 1.32 bits per heavy atom. The monoisotopic (exact) mass is 322 g/mol. The van der Waals surface area contributed by atoms with Gasteiger partial charge in [-0.15, -0.1) is 0 Å². The number of nitrogens with one attached hydrogen (secondary N) is 2. The van der Waals surface area contributed by atoms with E-state index < -0.39 is 24.5 Å². The minimum Gasteiger partial charge on any atom is -0.452 e. The van der Waals surface area contributed by atoms with Gasteiger partial charge in [-0.05, 0) is 36.6 Å². The molecule has 1 saturated carbocycles. The second-order valence-corrected chi connectivity index (χ2v) is 5.23. The van der Waals surface area contributed by atoms with Gasteiger partial charge in [-0.2, -0.15) is 0 Å². The van der Waals surface area contributed by atoms with Gasteiger partial charge in [0.15, 0.2) is 6.61 Å². The summed E-state index contributed by atoms with van der Waals surface area (Å²) in [5.74, 6) is -1.36. The highest BCUT2D eigenvalue weighted by Crippen LogP contribution is 2.18. The van der Waals surface area contributed by atoms with Crippen molar-refractivity contribution in [3.63, 3.8) is 0 Å². The van der Waals surface area contributed by atoms with Crippen LogP contribution in [0.5, 0.6) is 0 Å². The number of carbonyl (C=O) groups is 3. The minimum atomic E-state index is -0.683. The summed E-state index contributed by atoms with van der Waals surface area (Å²) in [7, 11) is 0. The Hall–Kier alpha value is -2.34. The molecule has 1 aliphatic carbocycles. The Labute approximate surface area is 132 Å². The summed E-state index contributed by atoms with van der Waals surface area (Å²) in [6.07, 6.45) is 4.55. The number of rotatable bonds is 5. The number of ether oxygens (including phenoxy) is 1. The van der Waals surface area contributed by atoms with Crippen molar-refractivity contribution in [2.45, 2.75) is 18.9 Å². The van der Waals surface area contributed by atoms with Gasteiger partial charge >= 0.3 is 12.0 Å². The predicted octanol–water partition coefficient (Wildman–Crippen LogP) is 1.88. The highest BCUT2D eigenvalue weighted by atomic mass is 35.5. The molecule has 0 bridgehead atoms. The van der Waals surface area contributed by atoms with Gasteiger partial charge in [0, 0.05) is 17.1 Å². The number of imide groups is 1. The predicted molar refractivity (Wildman–Crippen MR) is 81.1 cm³/mol. The van der Waals surface area contributed by atoms with Crippen LogP contribution >= 0.6 is 11.6 Å². The van der Waals surface area contributed by atoms with Crippen molar-refractivity contribution < 1.29 is 19.1 Å². The average molecular weight is 323 g/mol. The van der Waals surface area contributed by atoms with E-state index in [0.29, 0.717) is 5.02 Å². The van der Waals surface area contributed by atoms with Crippen LogP contribution in [0.3, 0.4) is 0 Å².